The van der Waals surface area contributed by atoms with Gasteiger partial charge in [-0.05, 0) is 18.4 Å². The Labute approximate surface area is 88.7 Å². The molecule has 2 rings (SSSR count). The Morgan fingerprint density at radius 1 is 1.07 bits per heavy atom. The molecular weight excluding hydrogens is 192 g/mol. The van der Waals surface area contributed by atoms with Crippen LogP contribution in [0, 0.1) is 22.7 Å². The summed E-state index contributed by atoms with van der Waals surface area (Å²) >= 11 is 0. The molecule has 1 spiro atoms. The molecule has 2 fully saturated rings. The van der Waals surface area contributed by atoms with Crippen LogP contribution in [0.3, 0.4) is 0 Å². The van der Waals surface area contributed by atoms with E-state index in [0.29, 0.717) is 13.2 Å². The zero-order valence-electron chi connectivity index (χ0n) is 8.45. The zero-order valence-corrected chi connectivity index (χ0v) is 8.45. The van der Waals surface area contributed by atoms with Crippen LogP contribution in [0.2, 0.25) is 0 Å². The van der Waals surface area contributed by atoms with E-state index in [2.05, 4.69) is 0 Å². The molecule has 0 aromatic carbocycles. The zero-order chi connectivity index (χ0) is 10.7. The van der Waals surface area contributed by atoms with Gasteiger partial charge in [0.05, 0.1) is 13.2 Å². The maximum absolute atomic E-state index is 8.74. The predicted octanol–water partition coefficient (Wildman–Crippen LogP) is 1.65. The van der Waals surface area contributed by atoms with Crippen molar-refractivity contribution in [2.45, 2.75) is 31.5 Å². The van der Waals surface area contributed by atoms with Crippen LogP contribution in [-0.2, 0) is 9.47 Å². The highest BCUT2D eigenvalue weighted by atomic mass is 16.7. The molecule has 2 aliphatic rings. The first-order chi connectivity index (χ1) is 7.29. The molecule has 4 nitrogen and oxygen atoms in total. The molecular formula is C11H12N2O2. The summed E-state index contributed by atoms with van der Waals surface area (Å²) in [6.07, 6.45) is 2.98. The average Bonchev–Trinajstić information content (AvgIpc) is 2.72. The van der Waals surface area contributed by atoms with Gasteiger partial charge in [0.15, 0.2) is 5.79 Å². The van der Waals surface area contributed by atoms with E-state index in [1.807, 2.05) is 12.1 Å². The first kappa shape index (κ1) is 10.2. The van der Waals surface area contributed by atoms with E-state index in [9.17, 15) is 0 Å². The Morgan fingerprint density at radius 3 is 2.07 bits per heavy atom. The number of hydrogen-bond acceptors (Lipinski definition) is 4. The van der Waals surface area contributed by atoms with Crippen molar-refractivity contribution in [2.75, 3.05) is 13.2 Å². The van der Waals surface area contributed by atoms with Crippen LogP contribution >= 0.6 is 0 Å². The topological polar surface area (TPSA) is 66.0 Å². The van der Waals surface area contributed by atoms with E-state index in [-0.39, 0.29) is 5.57 Å². The van der Waals surface area contributed by atoms with Gasteiger partial charge < -0.3 is 9.47 Å². The van der Waals surface area contributed by atoms with E-state index in [1.165, 1.54) is 0 Å². The molecule has 4 heteroatoms. The van der Waals surface area contributed by atoms with Crippen molar-refractivity contribution in [3.05, 3.63) is 11.1 Å². The maximum Gasteiger partial charge on any atom is 0.169 e. The van der Waals surface area contributed by atoms with E-state index < -0.39 is 5.79 Å². The summed E-state index contributed by atoms with van der Waals surface area (Å²) in [6.45, 7) is 1.31. The van der Waals surface area contributed by atoms with Crippen molar-refractivity contribution in [1.29, 1.82) is 10.5 Å². The normalized spacial score (nSPS) is 23.5. The Morgan fingerprint density at radius 2 is 1.60 bits per heavy atom. The average molecular weight is 204 g/mol. The minimum Gasteiger partial charge on any atom is -0.348 e. The molecule has 15 heavy (non-hydrogen) atoms. The minimum absolute atomic E-state index is 0.267. The fraction of sp³-hybridized carbons (Fsp3) is 0.636. The molecule has 1 saturated carbocycles. The molecule has 0 amide bonds. The monoisotopic (exact) mass is 204 g/mol. The largest absolute Gasteiger partial charge is 0.348 e. The van der Waals surface area contributed by atoms with Gasteiger partial charge in [0, 0.05) is 12.8 Å². The van der Waals surface area contributed by atoms with Gasteiger partial charge in [0.25, 0.3) is 0 Å². The molecule has 78 valence electrons. The van der Waals surface area contributed by atoms with Gasteiger partial charge in [-0.3, -0.25) is 0 Å². The van der Waals surface area contributed by atoms with Crippen LogP contribution in [0.4, 0.5) is 0 Å². The highest BCUT2D eigenvalue weighted by Crippen LogP contribution is 2.38. The second kappa shape index (κ2) is 4.02. The summed E-state index contributed by atoms with van der Waals surface area (Å²) in [6, 6.07) is 3.87. The third kappa shape index (κ3) is 1.87. The number of allylic oxidation sites excluding steroid dienone is 2. The fourth-order valence-electron chi connectivity index (χ4n) is 2.15. The SMILES string of the molecule is N#CC(C#N)=C1CCC2(CC1)OCCO2. The molecule has 0 aromatic rings. The molecule has 0 bridgehead atoms. The van der Waals surface area contributed by atoms with Crippen LogP contribution in [0.15, 0.2) is 11.1 Å². The van der Waals surface area contributed by atoms with Crippen LogP contribution < -0.4 is 0 Å². The number of hydrogen-bond donors (Lipinski definition) is 0. The summed E-state index contributed by atoms with van der Waals surface area (Å²) in [5, 5.41) is 17.5. The van der Waals surface area contributed by atoms with Gasteiger partial charge in [-0.25, -0.2) is 0 Å². The van der Waals surface area contributed by atoms with Crippen LogP contribution in [0.25, 0.3) is 0 Å². The van der Waals surface area contributed by atoms with Crippen molar-refractivity contribution in [1.82, 2.24) is 0 Å². The highest BCUT2D eigenvalue weighted by molar-refractivity contribution is 5.40. The molecule has 1 heterocycles. The number of rotatable bonds is 0. The van der Waals surface area contributed by atoms with Gasteiger partial charge in [0.1, 0.15) is 17.7 Å². The Hall–Kier alpha value is -1.36. The van der Waals surface area contributed by atoms with E-state index in [0.717, 1.165) is 31.3 Å². The van der Waals surface area contributed by atoms with Crippen molar-refractivity contribution >= 4 is 0 Å². The summed E-state index contributed by atoms with van der Waals surface area (Å²) in [4.78, 5) is 0. The van der Waals surface area contributed by atoms with E-state index in [4.69, 9.17) is 20.0 Å². The van der Waals surface area contributed by atoms with Gasteiger partial charge in [0.2, 0.25) is 0 Å². The van der Waals surface area contributed by atoms with E-state index >= 15 is 0 Å². The summed E-state index contributed by atoms with van der Waals surface area (Å²) in [5.41, 5.74) is 1.22. The van der Waals surface area contributed by atoms with Crippen LogP contribution in [0.1, 0.15) is 25.7 Å². The number of ether oxygens (including phenoxy) is 2. The Bertz CT molecular complexity index is 339. The van der Waals surface area contributed by atoms with E-state index in [1.54, 1.807) is 0 Å². The predicted molar refractivity (Wildman–Crippen MR) is 51.4 cm³/mol. The van der Waals surface area contributed by atoms with Gasteiger partial charge in [-0.2, -0.15) is 10.5 Å². The lowest BCUT2D eigenvalue weighted by atomic mass is 9.87. The standard InChI is InChI=1S/C11H12N2O2/c12-7-10(8-13)9-1-3-11(4-2-9)14-5-6-15-11/h1-6H2. The second-order valence-electron chi connectivity index (χ2n) is 3.81. The smallest absolute Gasteiger partial charge is 0.169 e. The second-order valence-corrected chi connectivity index (χ2v) is 3.81. The van der Waals surface area contributed by atoms with Crippen molar-refractivity contribution in [3.8, 4) is 12.1 Å². The number of nitriles is 2. The molecule has 1 saturated heterocycles. The lowest BCUT2D eigenvalue weighted by Crippen LogP contribution is -2.33. The lowest BCUT2D eigenvalue weighted by Gasteiger charge is -2.32. The highest BCUT2D eigenvalue weighted by Gasteiger charge is 2.39. The third-order valence-electron chi connectivity index (χ3n) is 3.01. The van der Waals surface area contributed by atoms with Crippen LogP contribution in [0.5, 0.6) is 0 Å². The van der Waals surface area contributed by atoms with Crippen molar-refractivity contribution in [3.63, 3.8) is 0 Å². The Kier molecular flexibility index (Phi) is 2.73. The molecule has 1 aliphatic carbocycles. The molecule has 0 aromatic heterocycles. The minimum atomic E-state index is -0.417. The maximum atomic E-state index is 8.74. The van der Waals surface area contributed by atoms with Gasteiger partial charge >= 0.3 is 0 Å². The molecule has 0 N–H and O–H groups in total. The summed E-state index contributed by atoms with van der Waals surface area (Å²) in [5.74, 6) is -0.417. The Balaban J connectivity index is 2.07. The summed E-state index contributed by atoms with van der Waals surface area (Å²) < 4.78 is 11.1. The lowest BCUT2D eigenvalue weighted by molar-refractivity contribution is -0.171. The van der Waals surface area contributed by atoms with Gasteiger partial charge in [-0.1, -0.05) is 0 Å². The molecule has 0 unspecified atom stereocenters. The number of nitrogens with zero attached hydrogens (tertiary/aromatic N) is 2. The first-order valence-electron chi connectivity index (χ1n) is 5.10. The molecule has 0 atom stereocenters. The fourth-order valence-corrected chi connectivity index (χ4v) is 2.15. The van der Waals surface area contributed by atoms with Crippen LogP contribution in [-0.4, -0.2) is 19.0 Å². The molecule has 0 radical (unpaired) electrons. The molecule has 1 aliphatic heterocycles. The van der Waals surface area contributed by atoms with Crippen molar-refractivity contribution in [2.24, 2.45) is 0 Å². The first-order valence-corrected chi connectivity index (χ1v) is 5.10. The summed E-state index contributed by atoms with van der Waals surface area (Å²) in [7, 11) is 0. The van der Waals surface area contributed by atoms with Crippen molar-refractivity contribution < 1.29 is 9.47 Å². The third-order valence-corrected chi connectivity index (χ3v) is 3.01. The quantitative estimate of drug-likeness (QED) is 0.563. The van der Waals surface area contributed by atoms with Gasteiger partial charge in [-0.15, -0.1) is 0 Å².